The molecule has 1 saturated carbocycles. The monoisotopic (exact) mass is 236 g/mol. The van der Waals surface area contributed by atoms with Gasteiger partial charge in [0.25, 0.3) is 0 Å². The molecule has 0 saturated heterocycles. The Morgan fingerprint density at radius 1 is 1.59 bits per heavy atom. The first-order chi connectivity index (χ1) is 8.18. The average molecular weight is 236 g/mol. The molecule has 1 fully saturated rings. The number of ether oxygens (including phenoxy) is 1. The van der Waals surface area contributed by atoms with E-state index in [2.05, 4.69) is 22.2 Å². The fourth-order valence-electron chi connectivity index (χ4n) is 1.93. The zero-order valence-corrected chi connectivity index (χ0v) is 10.4. The lowest BCUT2D eigenvalue weighted by atomic mass is 9.96. The summed E-state index contributed by atoms with van der Waals surface area (Å²) in [5, 5.41) is 3.34. The molecule has 94 valence electrons. The first kappa shape index (κ1) is 12.1. The molecule has 1 atom stereocenters. The Kier molecular flexibility index (Phi) is 3.47. The molecule has 0 radical (unpaired) electrons. The number of anilines is 1. The van der Waals surface area contributed by atoms with E-state index < -0.39 is 0 Å². The Hall–Kier alpha value is -1.36. The molecule has 0 amide bonds. The molecule has 17 heavy (non-hydrogen) atoms. The van der Waals surface area contributed by atoms with Crippen LogP contribution in [-0.2, 0) is 0 Å². The molecular formula is C12H20N4O. The molecular weight excluding hydrogens is 216 g/mol. The van der Waals surface area contributed by atoms with E-state index in [-0.39, 0.29) is 5.54 Å². The van der Waals surface area contributed by atoms with Crippen molar-refractivity contribution >= 4 is 5.95 Å². The number of rotatable bonds is 6. The molecule has 5 nitrogen and oxygen atoms in total. The zero-order valence-electron chi connectivity index (χ0n) is 10.4. The highest BCUT2D eigenvalue weighted by Crippen LogP contribution is 2.40. The standard InChI is InChI=1S/C12H20N4O/c1-3-17-10-6-7-14-11(15-10)16-12(2,8-13)9-4-5-9/h6-7,9H,3-5,8,13H2,1-2H3,(H,14,15,16). The lowest BCUT2D eigenvalue weighted by Gasteiger charge is -2.29. The van der Waals surface area contributed by atoms with Crippen LogP contribution in [-0.4, -0.2) is 28.7 Å². The summed E-state index contributed by atoms with van der Waals surface area (Å²) in [5.74, 6) is 1.82. The van der Waals surface area contributed by atoms with Gasteiger partial charge in [-0.25, -0.2) is 4.98 Å². The molecule has 0 spiro atoms. The summed E-state index contributed by atoms with van der Waals surface area (Å²) in [6.07, 6.45) is 4.15. The second-order valence-electron chi connectivity index (χ2n) is 4.67. The van der Waals surface area contributed by atoms with Gasteiger partial charge < -0.3 is 15.8 Å². The largest absolute Gasteiger partial charge is 0.478 e. The van der Waals surface area contributed by atoms with E-state index in [9.17, 15) is 0 Å². The van der Waals surface area contributed by atoms with Crippen LogP contribution in [0.4, 0.5) is 5.95 Å². The molecule has 0 aromatic carbocycles. The second-order valence-corrected chi connectivity index (χ2v) is 4.67. The fraction of sp³-hybridized carbons (Fsp3) is 0.667. The highest BCUT2D eigenvalue weighted by Gasteiger charge is 2.41. The summed E-state index contributed by atoms with van der Waals surface area (Å²) in [6.45, 7) is 5.25. The minimum atomic E-state index is -0.106. The maximum Gasteiger partial charge on any atom is 0.226 e. The predicted octanol–water partition coefficient (Wildman–Crippen LogP) is 1.41. The van der Waals surface area contributed by atoms with Crippen LogP contribution in [0, 0.1) is 5.92 Å². The minimum Gasteiger partial charge on any atom is -0.478 e. The predicted molar refractivity (Wildman–Crippen MR) is 67.0 cm³/mol. The number of nitrogens with zero attached hydrogens (tertiary/aromatic N) is 2. The van der Waals surface area contributed by atoms with E-state index in [1.165, 1.54) is 12.8 Å². The second kappa shape index (κ2) is 4.87. The SMILES string of the molecule is CCOc1ccnc(NC(C)(CN)C2CC2)n1. The Bertz CT molecular complexity index is 381. The van der Waals surface area contributed by atoms with Crippen molar-refractivity contribution < 1.29 is 4.74 Å². The van der Waals surface area contributed by atoms with E-state index in [4.69, 9.17) is 10.5 Å². The van der Waals surface area contributed by atoms with Gasteiger partial charge in [-0.3, -0.25) is 0 Å². The van der Waals surface area contributed by atoms with Gasteiger partial charge in [0.05, 0.1) is 12.1 Å². The smallest absolute Gasteiger partial charge is 0.226 e. The molecule has 0 aliphatic heterocycles. The summed E-state index contributed by atoms with van der Waals surface area (Å²) in [5.41, 5.74) is 5.74. The van der Waals surface area contributed by atoms with Crippen LogP contribution < -0.4 is 15.8 Å². The third-order valence-electron chi connectivity index (χ3n) is 3.22. The maximum absolute atomic E-state index is 5.84. The van der Waals surface area contributed by atoms with E-state index in [0.717, 1.165) is 0 Å². The molecule has 1 unspecified atom stereocenters. The maximum atomic E-state index is 5.84. The molecule has 3 N–H and O–H groups in total. The third kappa shape index (κ3) is 2.85. The summed E-state index contributed by atoms with van der Waals surface area (Å²) < 4.78 is 5.35. The molecule has 1 heterocycles. The number of nitrogens with one attached hydrogen (secondary N) is 1. The first-order valence-corrected chi connectivity index (χ1v) is 6.12. The number of aromatic nitrogens is 2. The summed E-state index contributed by atoms with van der Waals surface area (Å²) >= 11 is 0. The van der Waals surface area contributed by atoms with E-state index in [1.54, 1.807) is 12.3 Å². The van der Waals surface area contributed by atoms with Crippen molar-refractivity contribution in [2.75, 3.05) is 18.5 Å². The van der Waals surface area contributed by atoms with E-state index >= 15 is 0 Å². The molecule has 1 aromatic heterocycles. The van der Waals surface area contributed by atoms with Gasteiger partial charge in [0.2, 0.25) is 11.8 Å². The van der Waals surface area contributed by atoms with Gasteiger partial charge in [0, 0.05) is 18.8 Å². The number of hydrogen-bond donors (Lipinski definition) is 2. The number of hydrogen-bond acceptors (Lipinski definition) is 5. The average Bonchev–Trinajstić information content (AvgIpc) is 3.14. The van der Waals surface area contributed by atoms with Gasteiger partial charge in [-0.05, 0) is 32.6 Å². The van der Waals surface area contributed by atoms with Gasteiger partial charge in [-0.1, -0.05) is 0 Å². The minimum absolute atomic E-state index is 0.106. The third-order valence-corrected chi connectivity index (χ3v) is 3.22. The quantitative estimate of drug-likeness (QED) is 0.781. The van der Waals surface area contributed by atoms with Crippen LogP contribution in [0.3, 0.4) is 0 Å². The molecule has 1 aromatic rings. The lowest BCUT2D eigenvalue weighted by Crippen LogP contribution is -2.45. The van der Waals surface area contributed by atoms with Crippen LogP contribution in [0.25, 0.3) is 0 Å². The summed E-state index contributed by atoms with van der Waals surface area (Å²) in [7, 11) is 0. The summed E-state index contributed by atoms with van der Waals surface area (Å²) in [4.78, 5) is 8.51. The van der Waals surface area contributed by atoms with Gasteiger partial charge in [0.1, 0.15) is 0 Å². The molecule has 1 aliphatic carbocycles. The van der Waals surface area contributed by atoms with Crippen LogP contribution in [0.2, 0.25) is 0 Å². The molecule has 1 aliphatic rings. The lowest BCUT2D eigenvalue weighted by molar-refractivity contribution is 0.326. The van der Waals surface area contributed by atoms with Crippen LogP contribution in [0.1, 0.15) is 26.7 Å². The zero-order chi connectivity index (χ0) is 12.3. The fourth-order valence-corrected chi connectivity index (χ4v) is 1.93. The highest BCUT2D eigenvalue weighted by atomic mass is 16.5. The van der Waals surface area contributed by atoms with E-state index in [1.807, 2.05) is 6.92 Å². The Balaban J connectivity index is 2.08. The molecule has 2 rings (SSSR count). The summed E-state index contributed by atoms with van der Waals surface area (Å²) in [6, 6.07) is 1.76. The topological polar surface area (TPSA) is 73.1 Å². The highest BCUT2D eigenvalue weighted by molar-refractivity contribution is 5.33. The van der Waals surface area contributed by atoms with Crippen LogP contribution >= 0.6 is 0 Å². The van der Waals surface area contributed by atoms with Gasteiger partial charge in [-0.2, -0.15) is 4.98 Å². The number of nitrogens with two attached hydrogens (primary N) is 1. The van der Waals surface area contributed by atoms with Crippen molar-refractivity contribution in [3.63, 3.8) is 0 Å². The van der Waals surface area contributed by atoms with Crippen LogP contribution in [0.15, 0.2) is 12.3 Å². The van der Waals surface area contributed by atoms with Gasteiger partial charge in [0.15, 0.2) is 0 Å². The normalized spacial score (nSPS) is 18.5. The van der Waals surface area contributed by atoms with Crippen molar-refractivity contribution in [1.29, 1.82) is 0 Å². The van der Waals surface area contributed by atoms with Gasteiger partial charge in [-0.15, -0.1) is 0 Å². The van der Waals surface area contributed by atoms with Crippen molar-refractivity contribution in [2.45, 2.75) is 32.2 Å². The van der Waals surface area contributed by atoms with Crippen molar-refractivity contribution in [3.05, 3.63) is 12.3 Å². The Labute approximate surface area is 102 Å². The molecule has 0 bridgehead atoms. The Morgan fingerprint density at radius 3 is 2.94 bits per heavy atom. The first-order valence-electron chi connectivity index (χ1n) is 6.12. The van der Waals surface area contributed by atoms with Crippen molar-refractivity contribution in [3.8, 4) is 5.88 Å². The van der Waals surface area contributed by atoms with Gasteiger partial charge >= 0.3 is 0 Å². The van der Waals surface area contributed by atoms with Crippen LogP contribution in [0.5, 0.6) is 5.88 Å². The molecule has 5 heteroatoms. The van der Waals surface area contributed by atoms with Crippen molar-refractivity contribution in [2.24, 2.45) is 11.7 Å². The van der Waals surface area contributed by atoms with Crippen molar-refractivity contribution in [1.82, 2.24) is 9.97 Å². The van der Waals surface area contributed by atoms with E-state index in [0.29, 0.717) is 30.9 Å². The Morgan fingerprint density at radius 2 is 2.35 bits per heavy atom.